The molecule has 0 radical (unpaired) electrons. The Labute approximate surface area is 99.0 Å². The number of para-hydroxylation sites is 2. The monoisotopic (exact) mass is 239 g/mol. The van der Waals surface area contributed by atoms with E-state index in [0.717, 1.165) is 17.0 Å². The molecular weight excluding hydrogens is 226 g/mol. The Morgan fingerprint density at radius 1 is 1.50 bits per heavy atom. The van der Waals surface area contributed by atoms with Gasteiger partial charge in [-0.15, -0.1) is 11.6 Å². The summed E-state index contributed by atoms with van der Waals surface area (Å²) in [6.45, 7) is 1.14. The fourth-order valence-electron chi connectivity index (χ4n) is 1.48. The van der Waals surface area contributed by atoms with Crippen LogP contribution in [0.4, 0.5) is 5.95 Å². The maximum absolute atomic E-state index is 6.00. The fraction of sp³-hybridized carbons (Fsp3) is 0.364. The minimum Gasteiger partial charge on any atom is -0.383 e. The van der Waals surface area contributed by atoms with Crippen LogP contribution in [0, 0.1) is 0 Å². The number of imidazole rings is 1. The molecule has 0 saturated heterocycles. The summed E-state index contributed by atoms with van der Waals surface area (Å²) in [5.41, 5.74) is 1.96. The Morgan fingerprint density at radius 3 is 3.06 bits per heavy atom. The predicted octanol–water partition coefficient (Wildman–Crippen LogP) is 2.23. The second-order valence-electron chi connectivity index (χ2n) is 3.54. The summed E-state index contributed by atoms with van der Waals surface area (Å²) in [5, 5.41) is 3.08. The number of ether oxygens (including phenoxy) is 1. The lowest BCUT2D eigenvalue weighted by Crippen LogP contribution is -2.19. The Morgan fingerprint density at radius 2 is 2.31 bits per heavy atom. The molecule has 0 fully saturated rings. The van der Waals surface area contributed by atoms with Crippen LogP contribution in [0.3, 0.4) is 0 Å². The summed E-state index contributed by atoms with van der Waals surface area (Å²) >= 11 is 6.00. The molecule has 5 heteroatoms. The van der Waals surface area contributed by atoms with Gasteiger partial charge in [0, 0.05) is 13.7 Å². The number of aromatic nitrogens is 2. The minimum atomic E-state index is -0.0572. The largest absolute Gasteiger partial charge is 0.383 e. The molecule has 0 spiro atoms. The summed E-state index contributed by atoms with van der Waals surface area (Å²) in [6.07, 6.45) is 0. The molecule has 16 heavy (non-hydrogen) atoms. The van der Waals surface area contributed by atoms with Crippen molar-refractivity contribution in [2.75, 3.05) is 25.6 Å². The number of hydrogen-bond donors (Lipinski definition) is 2. The van der Waals surface area contributed by atoms with Gasteiger partial charge in [0.05, 0.1) is 23.0 Å². The van der Waals surface area contributed by atoms with Crippen molar-refractivity contribution in [1.82, 2.24) is 9.97 Å². The van der Waals surface area contributed by atoms with Crippen molar-refractivity contribution in [3.8, 4) is 0 Å². The van der Waals surface area contributed by atoms with Crippen molar-refractivity contribution < 1.29 is 4.74 Å². The van der Waals surface area contributed by atoms with Crippen LogP contribution in [0.15, 0.2) is 24.3 Å². The number of nitrogens with one attached hydrogen (secondary N) is 2. The minimum absolute atomic E-state index is 0.0572. The average Bonchev–Trinajstić information content (AvgIpc) is 2.69. The molecular formula is C11H14ClN3O. The Bertz CT molecular complexity index is 424. The van der Waals surface area contributed by atoms with Crippen molar-refractivity contribution in [1.29, 1.82) is 0 Å². The lowest BCUT2D eigenvalue weighted by molar-refractivity contribution is 0.200. The maximum atomic E-state index is 6.00. The van der Waals surface area contributed by atoms with Gasteiger partial charge in [0.25, 0.3) is 0 Å². The van der Waals surface area contributed by atoms with Crippen molar-refractivity contribution in [2.24, 2.45) is 0 Å². The molecule has 0 aliphatic carbocycles. The lowest BCUT2D eigenvalue weighted by Gasteiger charge is -2.08. The molecule has 4 nitrogen and oxygen atoms in total. The fourth-order valence-corrected chi connectivity index (χ4v) is 1.69. The number of H-pyrrole nitrogens is 1. The molecule has 1 unspecified atom stereocenters. The molecule has 2 rings (SSSR count). The van der Waals surface area contributed by atoms with Crippen LogP contribution in [0.25, 0.3) is 11.0 Å². The average molecular weight is 240 g/mol. The summed E-state index contributed by atoms with van der Waals surface area (Å²) in [7, 11) is 1.64. The highest BCUT2D eigenvalue weighted by molar-refractivity contribution is 6.21. The molecule has 1 aromatic carbocycles. The van der Waals surface area contributed by atoms with E-state index < -0.39 is 0 Å². The van der Waals surface area contributed by atoms with E-state index in [1.807, 2.05) is 24.3 Å². The van der Waals surface area contributed by atoms with E-state index in [1.165, 1.54) is 0 Å². The zero-order valence-electron chi connectivity index (χ0n) is 9.03. The van der Waals surface area contributed by atoms with Gasteiger partial charge in [-0.25, -0.2) is 4.98 Å². The number of anilines is 1. The van der Waals surface area contributed by atoms with Crippen molar-refractivity contribution in [2.45, 2.75) is 5.38 Å². The van der Waals surface area contributed by atoms with E-state index in [2.05, 4.69) is 15.3 Å². The van der Waals surface area contributed by atoms with Gasteiger partial charge in [0.2, 0.25) is 5.95 Å². The highest BCUT2D eigenvalue weighted by Crippen LogP contribution is 2.13. The topological polar surface area (TPSA) is 49.9 Å². The molecule has 2 aromatic rings. The second kappa shape index (κ2) is 5.18. The highest BCUT2D eigenvalue weighted by Gasteiger charge is 2.05. The summed E-state index contributed by atoms with van der Waals surface area (Å²) in [5.74, 6) is 0.739. The Hall–Kier alpha value is -1.26. The first-order valence-electron chi connectivity index (χ1n) is 5.11. The zero-order valence-corrected chi connectivity index (χ0v) is 9.79. The maximum Gasteiger partial charge on any atom is 0.201 e. The molecule has 2 N–H and O–H groups in total. The molecule has 1 heterocycles. The molecule has 0 aliphatic rings. The summed E-state index contributed by atoms with van der Waals surface area (Å²) in [6, 6.07) is 7.88. The summed E-state index contributed by atoms with van der Waals surface area (Å²) in [4.78, 5) is 7.55. The number of benzene rings is 1. The van der Waals surface area contributed by atoms with Crippen LogP contribution in [0.2, 0.25) is 0 Å². The van der Waals surface area contributed by atoms with E-state index in [4.69, 9.17) is 16.3 Å². The molecule has 1 aromatic heterocycles. The van der Waals surface area contributed by atoms with Gasteiger partial charge in [-0.1, -0.05) is 12.1 Å². The molecule has 0 saturated carbocycles. The number of nitrogens with zero attached hydrogens (tertiary/aromatic N) is 1. The molecule has 0 amide bonds. The first kappa shape index (κ1) is 11.2. The molecule has 1 atom stereocenters. The van der Waals surface area contributed by atoms with Crippen LogP contribution in [-0.2, 0) is 4.74 Å². The van der Waals surface area contributed by atoms with Crippen LogP contribution >= 0.6 is 11.6 Å². The van der Waals surface area contributed by atoms with E-state index in [9.17, 15) is 0 Å². The zero-order chi connectivity index (χ0) is 11.4. The van der Waals surface area contributed by atoms with Gasteiger partial charge in [-0.3, -0.25) is 0 Å². The summed E-state index contributed by atoms with van der Waals surface area (Å²) < 4.78 is 4.95. The van der Waals surface area contributed by atoms with E-state index >= 15 is 0 Å². The first-order chi connectivity index (χ1) is 7.79. The quantitative estimate of drug-likeness (QED) is 0.787. The number of rotatable bonds is 5. The number of aromatic amines is 1. The number of hydrogen-bond acceptors (Lipinski definition) is 3. The lowest BCUT2D eigenvalue weighted by atomic mass is 10.3. The van der Waals surface area contributed by atoms with Crippen molar-refractivity contribution in [3.05, 3.63) is 24.3 Å². The molecule has 86 valence electrons. The van der Waals surface area contributed by atoms with E-state index in [-0.39, 0.29) is 5.38 Å². The van der Waals surface area contributed by atoms with Crippen molar-refractivity contribution in [3.63, 3.8) is 0 Å². The van der Waals surface area contributed by atoms with Gasteiger partial charge in [0.1, 0.15) is 0 Å². The van der Waals surface area contributed by atoms with E-state index in [0.29, 0.717) is 13.2 Å². The van der Waals surface area contributed by atoms with Gasteiger partial charge < -0.3 is 15.0 Å². The highest BCUT2D eigenvalue weighted by atomic mass is 35.5. The number of methoxy groups -OCH3 is 1. The van der Waals surface area contributed by atoms with Gasteiger partial charge >= 0.3 is 0 Å². The predicted molar refractivity (Wildman–Crippen MR) is 66.1 cm³/mol. The first-order valence-corrected chi connectivity index (χ1v) is 5.55. The van der Waals surface area contributed by atoms with Gasteiger partial charge in [-0.2, -0.15) is 0 Å². The number of halogens is 1. The van der Waals surface area contributed by atoms with Crippen molar-refractivity contribution >= 4 is 28.6 Å². The van der Waals surface area contributed by atoms with E-state index in [1.54, 1.807) is 7.11 Å². The Kier molecular flexibility index (Phi) is 3.64. The third kappa shape index (κ3) is 2.65. The number of alkyl halides is 1. The van der Waals surface area contributed by atoms with Crippen LogP contribution in [-0.4, -0.2) is 35.6 Å². The van der Waals surface area contributed by atoms with Gasteiger partial charge in [0.15, 0.2) is 0 Å². The molecule has 0 aliphatic heterocycles. The number of fused-ring (bicyclic) bond motifs is 1. The smallest absolute Gasteiger partial charge is 0.201 e. The van der Waals surface area contributed by atoms with Crippen LogP contribution < -0.4 is 5.32 Å². The third-order valence-electron chi connectivity index (χ3n) is 2.23. The second-order valence-corrected chi connectivity index (χ2v) is 4.15. The van der Waals surface area contributed by atoms with Crippen LogP contribution in [0.1, 0.15) is 0 Å². The third-order valence-corrected chi connectivity index (χ3v) is 2.51. The molecule has 0 bridgehead atoms. The normalized spacial score (nSPS) is 12.9. The SMILES string of the molecule is COCC(Cl)CNc1nc2ccccc2[nH]1. The standard InChI is InChI=1S/C11H14ClN3O/c1-16-7-8(12)6-13-11-14-9-4-2-3-5-10(9)15-11/h2-5,8H,6-7H2,1H3,(H2,13,14,15). The Balaban J connectivity index is 1.99. The van der Waals surface area contributed by atoms with Gasteiger partial charge in [-0.05, 0) is 12.1 Å². The van der Waals surface area contributed by atoms with Crippen LogP contribution in [0.5, 0.6) is 0 Å².